The first-order valence-electron chi connectivity index (χ1n) is 8.23. The van der Waals surface area contributed by atoms with Gasteiger partial charge in [0.05, 0.1) is 4.90 Å². The molecule has 128 valence electrons. The van der Waals surface area contributed by atoms with Crippen LogP contribution in [0.3, 0.4) is 0 Å². The predicted octanol–water partition coefficient (Wildman–Crippen LogP) is 1.56. The Labute approximate surface area is 140 Å². The molecule has 7 heteroatoms. The number of rotatable bonds is 2. The maximum Gasteiger partial charge on any atom is 0.336 e. The normalized spacial score (nSPS) is 25.5. The first-order valence-corrected chi connectivity index (χ1v) is 9.67. The zero-order valence-electron chi connectivity index (χ0n) is 13.3. The molecule has 1 N–H and O–H groups in total. The summed E-state index contributed by atoms with van der Waals surface area (Å²) in [5, 5.41) is 4.01. The summed E-state index contributed by atoms with van der Waals surface area (Å²) >= 11 is 0. The van der Waals surface area contributed by atoms with E-state index in [2.05, 4.69) is 5.32 Å². The molecular weight excluding hydrogens is 328 g/mol. The number of benzene rings is 1. The van der Waals surface area contributed by atoms with Crippen LogP contribution in [0.1, 0.15) is 19.3 Å². The van der Waals surface area contributed by atoms with Crippen molar-refractivity contribution in [2.75, 3.05) is 26.2 Å². The van der Waals surface area contributed by atoms with Gasteiger partial charge in [0.1, 0.15) is 5.58 Å². The maximum atomic E-state index is 13.0. The van der Waals surface area contributed by atoms with E-state index < -0.39 is 15.6 Å². The summed E-state index contributed by atoms with van der Waals surface area (Å²) in [7, 11) is -3.53. The van der Waals surface area contributed by atoms with Crippen molar-refractivity contribution in [1.29, 1.82) is 0 Å². The zero-order valence-corrected chi connectivity index (χ0v) is 14.1. The Bertz CT molecular complexity index is 929. The average molecular weight is 348 g/mol. The molecule has 6 nitrogen and oxygen atoms in total. The lowest BCUT2D eigenvalue weighted by Crippen LogP contribution is -2.42. The summed E-state index contributed by atoms with van der Waals surface area (Å²) in [5.41, 5.74) is 0.0369. The molecule has 0 bridgehead atoms. The average Bonchev–Trinajstić information content (AvgIpc) is 2.99. The summed E-state index contributed by atoms with van der Waals surface area (Å²) in [6.07, 6.45) is 3.08. The molecule has 1 atom stereocenters. The van der Waals surface area contributed by atoms with E-state index in [0.717, 1.165) is 32.4 Å². The third-order valence-electron chi connectivity index (χ3n) is 5.19. The SMILES string of the molecule is O=c1ccc2cc(S(=O)(=O)N3CC[C@]4(CCCNC4)C3)ccc2o1. The maximum absolute atomic E-state index is 13.0. The van der Waals surface area contributed by atoms with Gasteiger partial charge in [0.15, 0.2) is 0 Å². The zero-order chi connectivity index (χ0) is 16.8. The van der Waals surface area contributed by atoms with Gasteiger partial charge in [0, 0.05) is 31.1 Å². The van der Waals surface area contributed by atoms with E-state index in [4.69, 9.17) is 4.42 Å². The monoisotopic (exact) mass is 348 g/mol. The molecule has 2 aliphatic heterocycles. The molecule has 0 amide bonds. The van der Waals surface area contributed by atoms with Gasteiger partial charge in [-0.15, -0.1) is 0 Å². The van der Waals surface area contributed by atoms with E-state index in [1.807, 2.05) is 0 Å². The van der Waals surface area contributed by atoms with Gasteiger partial charge in [-0.2, -0.15) is 4.31 Å². The Kier molecular flexibility index (Phi) is 3.74. The Balaban J connectivity index is 1.65. The predicted molar refractivity (Wildman–Crippen MR) is 90.4 cm³/mol. The van der Waals surface area contributed by atoms with Crippen molar-refractivity contribution in [3.63, 3.8) is 0 Å². The lowest BCUT2D eigenvalue weighted by atomic mass is 9.80. The second kappa shape index (κ2) is 5.68. The summed E-state index contributed by atoms with van der Waals surface area (Å²) in [6.45, 7) is 3.04. The van der Waals surface area contributed by atoms with E-state index in [0.29, 0.717) is 24.1 Å². The highest BCUT2D eigenvalue weighted by atomic mass is 32.2. The minimum absolute atomic E-state index is 0.0783. The van der Waals surface area contributed by atoms with Crippen LogP contribution in [0.2, 0.25) is 0 Å². The van der Waals surface area contributed by atoms with Crippen LogP contribution < -0.4 is 10.9 Å². The summed E-state index contributed by atoms with van der Waals surface area (Å²) in [5.74, 6) is 0. The molecule has 2 fully saturated rings. The van der Waals surface area contributed by atoms with Crippen molar-refractivity contribution in [1.82, 2.24) is 9.62 Å². The smallest absolute Gasteiger partial charge is 0.336 e. The van der Waals surface area contributed by atoms with Crippen LogP contribution in [0.5, 0.6) is 0 Å². The fourth-order valence-electron chi connectivity index (χ4n) is 3.84. The molecule has 4 rings (SSSR count). The molecule has 0 saturated carbocycles. The van der Waals surface area contributed by atoms with E-state index in [1.54, 1.807) is 22.5 Å². The van der Waals surface area contributed by atoms with Crippen molar-refractivity contribution < 1.29 is 12.8 Å². The highest BCUT2D eigenvalue weighted by Crippen LogP contribution is 2.38. The van der Waals surface area contributed by atoms with Gasteiger partial charge in [-0.1, -0.05) is 0 Å². The molecule has 2 aromatic rings. The van der Waals surface area contributed by atoms with Gasteiger partial charge in [-0.3, -0.25) is 0 Å². The van der Waals surface area contributed by atoms with Gasteiger partial charge < -0.3 is 9.73 Å². The molecule has 3 heterocycles. The van der Waals surface area contributed by atoms with E-state index in [-0.39, 0.29) is 10.3 Å². The molecule has 1 aromatic carbocycles. The van der Waals surface area contributed by atoms with Crippen molar-refractivity contribution in [2.24, 2.45) is 5.41 Å². The number of piperidine rings is 1. The molecular formula is C17H20N2O4S. The van der Waals surface area contributed by atoms with Crippen molar-refractivity contribution >= 4 is 21.0 Å². The molecule has 24 heavy (non-hydrogen) atoms. The van der Waals surface area contributed by atoms with Crippen LogP contribution in [0.15, 0.2) is 44.4 Å². The Morgan fingerprint density at radius 1 is 1.17 bits per heavy atom. The van der Waals surface area contributed by atoms with Crippen LogP contribution in [0.4, 0.5) is 0 Å². The van der Waals surface area contributed by atoms with Crippen molar-refractivity contribution in [2.45, 2.75) is 24.2 Å². The summed E-state index contributed by atoms with van der Waals surface area (Å²) < 4.78 is 32.6. The van der Waals surface area contributed by atoms with Crippen molar-refractivity contribution in [3.05, 3.63) is 40.8 Å². The quantitative estimate of drug-likeness (QED) is 0.833. The van der Waals surface area contributed by atoms with Gasteiger partial charge in [0.25, 0.3) is 0 Å². The number of hydrogen-bond acceptors (Lipinski definition) is 5. The first kappa shape index (κ1) is 15.8. The van der Waals surface area contributed by atoms with Gasteiger partial charge in [0.2, 0.25) is 10.0 Å². The molecule has 1 spiro atoms. The van der Waals surface area contributed by atoms with Crippen LogP contribution >= 0.6 is 0 Å². The van der Waals surface area contributed by atoms with E-state index in [9.17, 15) is 13.2 Å². The molecule has 0 aliphatic carbocycles. The lowest BCUT2D eigenvalue weighted by molar-refractivity contribution is 0.225. The third-order valence-corrected chi connectivity index (χ3v) is 7.03. The summed E-state index contributed by atoms with van der Waals surface area (Å²) in [4.78, 5) is 11.5. The second-order valence-corrected chi connectivity index (χ2v) is 8.76. The van der Waals surface area contributed by atoms with Crippen LogP contribution in [0.25, 0.3) is 11.0 Å². The lowest BCUT2D eigenvalue weighted by Gasteiger charge is -2.33. The molecule has 0 radical (unpaired) electrons. The second-order valence-electron chi connectivity index (χ2n) is 6.82. The van der Waals surface area contributed by atoms with Gasteiger partial charge in [-0.25, -0.2) is 13.2 Å². The number of fused-ring (bicyclic) bond motifs is 1. The molecule has 2 saturated heterocycles. The van der Waals surface area contributed by atoms with Gasteiger partial charge in [-0.05, 0) is 55.5 Å². The third kappa shape index (κ3) is 2.66. The Morgan fingerprint density at radius 3 is 2.83 bits per heavy atom. The number of nitrogens with zero attached hydrogens (tertiary/aromatic N) is 1. The number of nitrogens with one attached hydrogen (secondary N) is 1. The van der Waals surface area contributed by atoms with Crippen LogP contribution in [-0.2, 0) is 10.0 Å². The Hall–Kier alpha value is -1.70. The number of hydrogen-bond donors (Lipinski definition) is 1. The highest BCUT2D eigenvalue weighted by molar-refractivity contribution is 7.89. The van der Waals surface area contributed by atoms with Crippen LogP contribution in [-0.4, -0.2) is 38.9 Å². The molecule has 2 aliphatic rings. The Morgan fingerprint density at radius 2 is 2.04 bits per heavy atom. The fourth-order valence-corrected chi connectivity index (χ4v) is 5.43. The summed E-state index contributed by atoms with van der Waals surface area (Å²) in [6, 6.07) is 7.55. The van der Waals surface area contributed by atoms with Gasteiger partial charge >= 0.3 is 5.63 Å². The minimum atomic E-state index is -3.53. The topological polar surface area (TPSA) is 79.6 Å². The molecule has 0 unspecified atom stereocenters. The number of sulfonamides is 1. The largest absolute Gasteiger partial charge is 0.423 e. The first-order chi connectivity index (χ1) is 11.5. The van der Waals surface area contributed by atoms with Crippen LogP contribution in [0, 0.1) is 5.41 Å². The molecule has 1 aromatic heterocycles. The van der Waals surface area contributed by atoms with E-state index >= 15 is 0 Å². The van der Waals surface area contributed by atoms with Crippen molar-refractivity contribution in [3.8, 4) is 0 Å². The fraction of sp³-hybridized carbons (Fsp3) is 0.471. The van der Waals surface area contributed by atoms with E-state index in [1.165, 1.54) is 12.1 Å². The minimum Gasteiger partial charge on any atom is -0.423 e. The standard InChI is InChI=1S/C17H20N2O4S/c20-16-5-2-13-10-14(3-4-15(13)23-16)24(21,22)19-9-7-17(12-19)6-1-8-18-11-17/h2-5,10,18H,1,6-9,11-12H2/t17-/m0/s1. The highest BCUT2D eigenvalue weighted by Gasteiger charge is 2.43.